The summed E-state index contributed by atoms with van der Waals surface area (Å²) in [6, 6.07) is 3.81. The Morgan fingerprint density at radius 1 is 1.10 bits per heavy atom. The average molecular weight is 313 g/mol. The van der Waals surface area contributed by atoms with Gasteiger partial charge in [-0.3, -0.25) is 0 Å². The Bertz CT molecular complexity index is 256. The normalized spacial score (nSPS) is 13.2. The topological polar surface area (TPSA) is 14.1 Å². The van der Waals surface area contributed by atoms with E-state index in [4.69, 9.17) is 0 Å². The van der Waals surface area contributed by atoms with Crippen LogP contribution in [-0.4, -0.2) is 0 Å². The van der Waals surface area contributed by atoms with Crippen LogP contribution in [-0.2, 0) is 21.1 Å². The van der Waals surface area contributed by atoms with Crippen LogP contribution in [0, 0.1) is 13.8 Å². The maximum absolute atomic E-state index is 4.11. The van der Waals surface area contributed by atoms with Crippen molar-refractivity contribution < 1.29 is 21.1 Å². The second-order valence-corrected chi connectivity index (χ2v) is 1.70. The minimum Gasteiger partial charge on any atom is -0.829 e. The van der Waals surface area contributed by atoms with Crippen molar-refractivity contribution in [3.8, 4) is 0 Å². The molecule has 1 heterocycles. The molecular formula is C8H8NPt-3. The summed E-state index contributed by atoms with van der Waals surface area (Å²) in [5, 5.41) is 1.81. The van der Waals surface area contributed by atoms with Crippen molar-refractivity contribution in [1.82, 2.24) is 4.98 Å². The summed E-state index contributed by atoms with van der Waals surface area (Å²) in [6.07, 6.45) is 3.43. The van der Waals surface area contributed by atoms with Crippen LogP contribution in [0.2, 0.25) is 0 Å². The van der Waals surface area contributed by atoms with Gasteiger partial charge in [0.1, 0.15) is 0 Å². The van der Waals surface area contributed by atoms with E-state index in [0.29, 0.717) is 0 Å². The Morgan fingerprint density at radius 2 is 1.50 bits per heavy atom. The Hall–Kier alpha value is -0.552. The van der Waals surface area contributed by atoms with Gasteiger partial charge in [0.15, 0.2) is 0 Å². The second kappa shape index (κ2) is 4.29. The van der Waals surface area contributed by atoms with E-state index in [-0.39, 0.29) is 21.1 Å². The van der Waals surface area contributed by atoms with Gasteiger partial charge in [-0.05, 0) is 0 Å². The molecule has 0 aromatic carbocycles. The Morgan fingerprint density at radius 3 is 1.70 bits per heavy atom. The summed E-state index contributed by atoms with van der Waals surface area (Å²) in [5.41, 5.74) is 0. The van der Waals surface area contributed by atoms with Crippen LogP contribution in [0.25, 0.3) is 12.2 Å². The molecule has 1 rings (SSSR count). The van der Waals surface area contributed by atoms with Gasteiger partial charge in [0.05, 0.1) is 0 Å². The fourth-order valence-electron chi connectivity index (χ4n) is 0.622. The molecule has 0 unspecified atom stereocenters. The van der Waals surface area contributed by atoms with Crippen molar-refractivity contribution in [3.05, 3.63) is 36.7 Å². The fourth-order valence-corrected chi connectivity index (χ4v) is 0.622. The first-order valence-electron chi connectivity index (χ1n) is 2.75. The maximum atomic E-state index is 4.11. The number of hydrogen-bond acceptors (Lipinski definition) is 0. The van der Waals surface area contributed by atoms with Crippen LogP contribution >= 0.6 is 0 Å². The molecule has 1 aromatic heterocycles. The molecule has 1 nitrogen and oxygen atoms in total. The molecule has 0 radical (unpaired) electrons. The quantitative estimate of drug-likeness (QED) is 0.609. The first kappa shape index (κ1) is 9.45. The number of rotatable bonds is 0. The summed E-state index contributed by atoms with van der Waals surface area (Å²) in [7, 11) is 0. The third kappa shape index (κ3) is 2.00. The molecule has 0 saturated carbocycles. The van der Waals surface area contributed by atoms with E-state index >= 15 is 0 Å². The van der Waals surface area contributed by atoms with Crippen molar-refractivity contribution in [2.45, 2.75) is 0 Å². The smallest absolute Gasteiger partial charge is 0 e. The van der Waals surface area contributed by atoms with E-state index in [1.54, 1.807) is 12.2 Å². The predicted octanol–water partition coefficient (Wildman–Crippen LogP) is -0.130. The molecule has 0 amide bonds. The van der Waals surface area contributed by atoms with Gasteiger partial charge >= 0.3 is 0 Å². The molecule has 1 aromatic rings. The third-order valence-corrected chi connectivity index (χ3v) is 1.10. The first-order chi connectivity index (χ1) is 4.36. The number of hydrogen-bond donors (Lipinski definition) is 0. The van der Waals surface area contributed by atoms with Crippen LogP contribution in [0.15, 0.2) is 12.1 Å². The largest absolute Gasteiger partial charge is 0.829 e. The van der Waals surface area contributed by atoms with E-state index < -0.39 is 0 Å². The predicted molar refractivity (Wildman–Crippen MR) is 38.7 cm³/mol. The molecular weight excluding hydrogens is 305 g/mol. The zero-order valence-corrected chi connectivity index (χ0v) is 7.76. The van der Waals surface area contributed by atoms with Gasteiger partial charge in [-0.15, -0.1) is 0 Å². The molecule has 58 valence electrons. The van der Waals surface area contributed by atoms with E-state index in [2.05, 4.69) is 18.8 Å². The second-order valence-electron chi connectivity index (χ2n) is 1.70. The summed E-state index contributed by atoms with van der Waals surface area (Å²) in [5.74, 6) is 0. The summed E-state index contributed by atoms with van der Waals surface area (Å²) < 4.78 is 0. The molecule has 2 heteroatoms. The van der Waals surface area contributed by atoms with Gasteiger partial charge in [0.25, 0.3) is 0 Å². The van der Waals surface area contributed by atoms with Crippen molar-refractivity contribution in [2.75, 3.05) is 0 Å². The third-order valence-electron chi connectivity index (χ3n) is 1.10. The Balaban J connectivity index is 0.000000810. The molecule has 0 aliphatic carbocycles. The maximum Gasteiger partial charge on any atom is 0 e. The van der Waals surface area contributed by atoms with Gasteiger partial charge in [-0.25, -0.2) is 26.0 Å². The molecule has 0 aliphatic rings. The van der Waals surface area contributed by atoms with Crippen LogP contribution in [0.3, 0.4) is 0 Å². The van der Waals surface area contributed by atoms with E-state index in [0.717, 1.165) is 10.7 Å². The summed E-state index contributed by atoms with van der Waals surface area (Å²) >= 11 is 0. The Kier molecular flexibility index (Phi) is 4.06. The molecule has 0 aliphatic heterocycles. The van der Waals surface area contributed by atoms with E-state index in [1.807, 2.05) is 12.1 Å². The molecule has 0 saturated heterocycles. The van der Waals surface area contributed by atoms with Gasteiger partial charge in [-0.1, -0.05) is 0 Å². The SMILES string of the molecule is [CH2-]C=c1ccc(=C[CH2-])[n-]1.[Pt]. The molecule has 0 fully saturated rings. The van der Waals surface area contributed by atoms with Gasteiger partial charge < -0.3 is 15.7 Å². The zero-order chi connectivity index (χ0) is 6.69. The molecule has 0 bridgehead atoms. The van der Waals surface area contributed by atoms with Crippen LogP contribution < -0.4 is 15.7 Å². The van der Waals surface area contributed by atoms with Crippen LogP contribution in [0.5, 0.6) is 0 Å². The fraction of sp³-hybridized carbons (Fsp3) is 0. The first-order valence-corrected chi connectivity index (χ1v) is 2.75. The Labute approximate surface area is 75.1 Å². The van der Waals surface area contributed by atoms with E-state index in [9.17, 15) is 0 Å². The van der Waals surface area contributed by atoms with Crippen LogP contribution in [0.4, 0.5) is 0 Å². The standard InChI is InChI=1S/C8H8N.Pt/c1-3-7-5-6-8(4-2)9-7;/h3-6H,1-2H2;/q-3;. The number of nitrogens with zero attached hydrogens (tertiary/aromatic N) is 1. The van der Waals surface area contributed by atoms with Crippen LogP contribution in [0.1, 0.15) is 0 Å². The van der Waals surface area contributed by atoms with Crippen molar-refractivity contribution in [2.24, 2.45) is 0 Å². The van der Waals surface area contributed by atoms with E-state index in [1.165, 1.54) is 0 Å². The molecule has 0 N–H and O–H groups in total. The zero-order valence-electron chi connectivity index (χ0n) is 5.49. The average Bonchev–Trinajstić information content (AvgIpc) is 2.34. The molecule has 0 atom stereocenters. The minimum absolute atomic E-state index is 0. The van der Waals surface area contributed by atoms with Crippen molar-refractivity contribution >= 4 is 12.2 Å². The molecule has 0 spiro atoms. The summed E-state index contributed by atoms with van der Waals surface area (Å²) in [6.45, 7) is 7.16. The van der Waals surface area contributed by atoms with Gasteiger partial charge in [0, 0.05) is 21.1 Å². The molecule has 10 heavy (non-hydrogen) atoms. The monoisotopic (exact) mass is 313 g/mol. The minimum atomic E-state index is 0. The van der Waals surface area contributed by atoms with Crippen molar-refractivity contribution in [1.29, 1.82) is 0 Å². The van der Waals surface area contributed by atoms with Gasteiger partial charge in [0.2, 0.25) is 0 Å². The van der Waals surface area contributed by atoms with Crippen molar-refractivity contribution in [3.63, 3.8) is 0 Å². The van der Waals surface area contributed by atoms with Gasteiger partial charge in [-0.2, -0.15) is 12.1 Å². The number of aromatic nitrogens is 1. The summed E-state index contributed by atoms with van der Waals surface area (Å²) in [4.78, 5) is 4.11.